The predicted octanol–water partition coefficient (Wildman–Crippen LogP) is 6.48. The Labute approximate surface area is 197 Å². The Morgan fingerprint density at radius 1 is 0.879 bits per heavy atom. The van der Waals surface area contributed by atoms with Crippen LogP contribution in [-0.2, 0) is 15.0 Å². The molecule has 1 N–H and O–H groups in total. The molecule has 1 aliphatic rings. The number of imide groups is 1. The Bertz CT molecular complexity index is 1270. The minimum atomic E-state index is -0.475. The van der Waals surface area contributed by atoms with Crippen LogP contribution in [0.5, 0.6) is 0 Å². The molecule has 0 radical (unpaired) electrons. The van der Waals surface area contributed by atoms with E-state index in [2.05, 4.69) is 26.1 Å². The van der Waals surface area contributed by atoms with E-state index in [1.165, 1.54) is 24.3 Å². The molecule has 168 valence electrons. The summed E-state index contributed by atoms with van der Waals surface area (Å²) in [7, 11) is 0. The molecule has 4 nitrogen and oxygen atoms in total. The fraction of sp³-hybridized carbons (Fsp3) is 0.185. The number of hydrogen-bond donors (Lipinski definition) is 1. The van der Waals surface area contributed by atoms with Crippen LogP contribution < -0.4 is 10.2 Å². The minimum absolute atomic E-state index is 0.0616. The zero-order valence-corrected chi connectivity index (χ0v) is 19.6. The molecule has 3 aromatic rings. The summed E-state index contributed by atoms with van der Waals surface area (Å²) in [5.74, 6) is -1.37. The number of nitrogens with one attached hydrogen (secondary N) is 1. The summed E-state index contributed by atoms with van der Waals surface area (Å²) in [5.41, 5.74) is 3.76. The van der Waals surface area contributed by atoms with Crippen LogP contribution >= 0.6 is 11.6 Å². The van der Waals surface area contributed by atoms with Gasteiger partial charge < -0.3 is 5.32 Å². The highest BCUT2D eigenvalue weighted by Gasteiger charge is 2.40. The number of amides is 2. The maximum absolute atomic E-state index is 13.6. The molecule has 4 rings (SSSR count). The molecule has 3 aromatic carbocycles. The van der Waals surface area contributed by atoms with Gasteiger partial charge in [-0.25, -0.2) is 9.29 Å². The molecule has 1 heterocycles. The molecule has 6 heteroatoms. The lowest BCUT2D eigenvalue weighted by molar-refractivity contribution is -0.120. The van der Waals surface area contributed by atoms with Gasteiger partial charge in [0.1, 0.15) is 11.5 Å². The lowest BCUT2D eigenvalue weighted by atomic mass is 9.87. The average Bonchev–Trinajstić information content (AvgIpc) is 2.99. The van der Waals surface area contributed by atoms with Crippen molar-refractivity contribution in [3.8, 4) is 0 Å². The number of hydrogen-bond acceptors (Lipinski definition) is 3. The van der Waals surface area contributed by atoms with Gasteiger partial charge in [0.25, 0.3) is 11.8 Å². The standard InChI is InChI=1S/C27H24ClFN2O2/c1-16-15-19(28)9-14-22(16)30-24-23(17-5-10-20(29)11-6-17)25(32)31(26(24)33)21-12-7-18(8-13-21)27(2,3)4/h5-15,30H,1-4H3. The van der Waals surface area contributed by atoms with E-state index < -0.39 is 17.6 Å². The van der Waals surface area contributed by atoms with Crippen LogP contribution in [-0.4, -0.2) is 11.8 Å². The van der Waals surface area contributed by atoms with E-state index in [9.17, 15) is 14.0 Å². The number of benzene rings is 3. The molecule has 0 saturated heterocycles. The number of carbonyl (C=O) groups excluding carboxylic acids is 2. The van der Waals surface area contributed by atoms with Crippen LogP contribution in [0.3, 0.4) is 0 Å². The summed E-state index contributed by atoms with van der Waals surface area (Å²) in [6, 6.07) is 18.2. The van der Waals surface area contributed by atoms with Crippen molar-refractivity contribution >= 4 is 40.4 Å². The Morgan fingerprint density at radius 2 is 1.52 bits per heavy atom. The first kappa shape index (κ1) is 22.7. The summed E-state index contributed by atoms with van der Waals surface area (Å²) in [4.78, 5) is 28.2. The third-order valence-corrected chi connectivity index (χ3v) is 5.89. The fourth-order valence-corrected chi connectivity index (χ4v) is 4.00. The van der Waals surface area contributed by atoms with Crippen LogP contribution in [0.25, 0.3) is 5.57 Å². The minimum Gasteiger partial charge on any atom is -0.350 e. The van der Waals surface area contributed by atoms with Crippen molar-refractivity contribution in [1.29, 1.82) is 0 Å². The van der Waals surface area contributed by atoms with Crippen LogP contribution in [0.4, 0.5) is 15.8 Å². The molecule has 0 fully saturated rings. The molecule has 1 aliphatic heterocycles. The number of anilines is 2. The van der Waals surface area contributed by atoms with Gasteiger partial charge in [0, 0.05) is 10.7 Å². The van der Waals surface area contributed by atoms with Crippen molar-refractivity contribution in [2.24, 2.45) is 0 Å². The van der Waals surface area contributed by atoms with Gasteiger partial charge in [0.2, 0.25) is 0 Å². The van der Waals surface area contributed by atoms with Crippen molar-refractivity contribution in [2.75, 3.05) is 10.2 Å². The van der Waals surface area contributed by atoms with Gasteiger partial charge in [-0.15, -0.1) is 0 Å². The largest absolute Gasteiger partial charge is 0.350 e. The third-order valence-electron chi connectivity index (χ3n) is 5.66. The van der Waals surface area contributed by atoms with Gasteiger partial charge in [-0.2, -0.15) is 0 Å². The molecular weight excluding hydrogens is 439 g/mol. The number of nitrogens with zero attached hydrogens (tertiary/aromatic N) is 1. The van der Waals surface area contributed by atoms with E-state index in [0.29, 0.717) is 22.0 Å². The predicted molar refractivity (Wildman–Crippen MR) is 131 cm³/mol. The van der Waals surface area contributed by atoms with Gasteiger partial charge in [-0.1, -0.05) is 56.6 Å². The first-order valence-electron chi connectivity index (χ1n) is 10.6. The highest BCUT2D eigenvalue weighted by molar-refractivity contribution is 6.46. The molecular formula is C27H24ClFN2O2. The summed E-state index contributed by atoms with van der Waals surface area (Å²) in [5, 5.41) is 3.70. The monoisotopic (exact) mass is 462 g/mol. The molecule has 0 aliphatic carbocycles. The lowest BCUT2D eigenvalue weighted by Gasteiger charge is -2.21. The molecule has 0 bridgehead atoms. The summed E-state index contributed by atoms with van der Waals surface area (Å²) < 4.78 is 13.6. The lowest BCUT2D eigenvalue weighted by Crippen LogP contribution is -2.32. The van der Waals surface area contributed by atoms with Crippen LogP contribution in [0, 0.1) is 12.7 Å². The second-order valence-electron chi connectivity index (χ2n) is 9.08. The zero-order valence-electron chi connectivity index (χ0n) is 18.9. The van der Waals surface area contributed by atoms with Gasteiger partial charge >= 0.3 is 0 Å². The molecule has 0 unspecified atom stereocenters. The number of halogens is 2. The van der Waals surface area contributed by atoms with Crippen molar-refractivity contribution in [1.82, 2.24) is 0 Å². The zero-order chi connectivity index (χ0) is 23.9. The van der Waals surface area contributed by atoms with E-state index in [4.69, 9.17) is 11.6 Å². The van der Waals surface area contributed by atoms with Gasteiger partial charge in [0.05, 0.1) is 11.3 Å². The average molecular weight is 463 g/mol. The Morgan fingerprint density at radius 3 is 2.09 bits per heavy atom. The second-order valence-corrected chi connectivity index (χ2v) is 9.52. The first-order chi connectivity index (χ1) is 15.6. The van der Waals surface area contributed by atoms with Crippen LogP contribution in [0.1, 0.15) is 37.5 Å². The fourth-order valence-electron chi connectivity index (χ4n) is 3.78. The third kappa shape index (κ3) is 4.41. The van der Waals surface area contributed by atoms with Gasteiger partial charge in [0.15, 0.2) is 0 Å². The van der Waals surface area contributed by atoms with E-state index in [1.54, 1.807) is 30.3 Å². The molecule has 0 atom stereocenters. The van der Waals surface area contributed by atoms with Crippen LogP contribution in [0.15, 0.2) is 72.4 Å². The van der Waals surface area contributed by atoms with Crippen LogP contribution in [0.2, 0.25) is 5.02 Å². The van der Waals surface area contributed by atoms with E-state index in [1.807, 2.05) is 19.1 Å². The molecule has 33 heavy (non-hydrogen) atoms. The maximum Gasteiger partial charge on any atom is 0.282 e. The summed E-state index contributed by atoms with van der Waals surface area (Å²) in [6.45, 7) is 8.15. The molecule has 0 saturated carbocycles. The Kier molecular flexibility index (Phi) is 5.85. The second kappa shape index (κ2) is 8.49. The highest BCUT2D eigenvalue weighted by atomic mass is 35.5. The van der Waals surface area contributed by atoms with E-state index in [-0.39, 0.29) is 16.7 Å². The Hall–Kier alpha value is -3.44. The Balaban J connectivity index is 1.79. The van der Waals surface area contributed by atoms with Gasteiger partial charge in [-0.05, 0) is 71.5 Å². The topological polar surface area (TPSA) is 49.4 Å². The van der Waals surface area contributed by atoms with E-state index >= 15 is 0 Å². The number of carbonyl (C=O) groups is 2. The molecule has 2 amide bonds. The van der Waals surface area contributed by atoms with Crippen molar-refractivity contribution < 1.29 is 14.0 Å². The van der Waals surface area contributed by atoms with E-state index in [0.717, 1.165) is 16.0 Å². The first-order valence-corrected chi connectivity index (χ1v) is 11.0. The van der Waals surface area contributed by atoms with Crippen molar-refractivity contribution in [2.45, 2.75) is 33.1 Å². The molecule has 0 aromatic heterocycles. The van der Waals surface area contributed by atoms with Crippen molar-refractivity contribution in [3.63, 3.8) is 0 Å². The van der Waals surface area contributed by atoms with Crippen molar-refractivity contribution in [3.05, 3.63) is 100.0 Å². The normalized spacial score (nSPS) is 14.3. The summed E-state index contributed by atoms with van der Waals surface area (Å²) >= 11 is 6.07. The van der Waals surface area contributed by atoms with Gasteiger partial charge in [-0.3, -0.25) is 9.59 Å². The quantitative estimate of drug-likeness (QED) is 0.451. The maximum atomic E-state index is 13.6. The highest BCUT2D eigenvalue weighted by Crippen LogP contribution is 2.35. The number of rotatable bonds is 4. The summed E-state index contributed by atoms with van der Waals surface area (Å²) in [6.07, 6.45) is 0. The molecule has 0 spiro atoms. The number of aryl methyl sites for hydroxylation is 1. The SMILES string of the molecule is Cc1cc(Cl)ccc1NC1=C(c2ccc(F)cc2)C(=O)N(c2ccc(C(C)(C)C)cc2)C1=O. The smallest absolute Gasteiger partial charge is 0.282 e.